The molecule has 0 spiro atoms. The van der Waals surface area contributed by atoms with Crippen LogP contribution in [0.4, 0.5) is 0 Å². The van der Waals surface area contributed by atoms with Gasteiger partial charge in [-0.05, 0) is 29.8 Å². The van der Waals surface area contributed by atoms with Gasteiger partial charge in [-0.25, -0.2) is 0 Å². The number of benzene rings is 2. The molecule has 25 heavy (non-hydrogen) atoms. The number of nitrogens with one attached hydrogen (secondary N) is 1. The van der Waals surface area contributed by atoms with Crippen molar-refractivity contribution in [2.45, 2.75) is 13.1 Å². The Labute approximate surface area is 148 Å². The van der Waals surface area contributed by atoms with E-state index in [9.17, 15) is 0 Å². The van der Waals surface area contributed by atoms with Gasteiger partial charge in [0, 0.05) is 30.4 Å². The van der Waals surface area contributed by atoms with Gasteiger partial charge in [-0.15, -0.1) is 0 Å². The minimum absolute atomic E-state index is 0.0159. The van der Waals surface area contributed by atoms with E-state index in [1.165, 1.54) is 5.56 Å². The summed E-state index contributed by atoms with van der Waals surface area (Å²) in [5.41, 5.74) is 4.38. The van der Waals surface area contributed by atoms with Crippen LogP contribution >= 0.6 is 0 Å². The first-order chi connectivity index (χ1) is 12.4. The molecule has 0 aliphatic carbocycles. The molecule has 0 saturated carbocycles. The minimum Gasteiger partial charge on any atom is -0.491 e. The quantitative estimate of drug-likeness (QED) is 0.663. The number of aromatic nitrogens is 1. The number of hydrogen-bond acceptors (Lipinski definition) is 4. The van der Waals surface area contributed by atoms with Crippen molar-refractivity contribution in [1.82, 2.24) is 10.3 Å². The smallest absolute Gasteiger partial charge is 0.123 e. The van der Waals surface area contributed by atoms with Crippen LogP contribution in [0, 0.1) is 0 Å². The van der Waals surface area contributed by atoms with Crippen LogP contribution in [0.25, 0.3) is 11.3 Å². The Bertz CT molecular complexity index is 791. The van der Waals surface area contributed by atoms with Gasteiger partial charge in [-0.3, -0.25) is 4.98 Å². The number of hydrogen-bond donors (Lipinski definition) is 2. The fourth-order valence-corrected chi connectivity index (χ4v) is 2.66. The Morgan fingerprint density at radius 2 is 1.80 bits per heavy atom. The van der Waals surface area contributed by atoms with Crippen LogP contribution in [-0.2, 0) is 13.1 Å². The lowest BCUT2D eigenvalue weighted by atomic mass is 10.1. The highest BCUT2D eigenvalue weighted by Crippen LogP contribution is 2.19. The molecule has 1 heterocycles. The molecule has 2 aromatic carbocycles. The summed E-state index contributed by atoms with van der Waals surface area (Å²) in [4.78, 5) is 4.40. The predicted molar refractivity (Wildman–Crippen MR) is 99.2 cm³/mol. The molecular formula is C21H22N2O2. The summed E-state index contributed by atoms with van der Waals surface area (Å²) in [6.07, 6.45) is 1.81. The molecule has 0 unspecified atom stereocenters. The van der Waals surface area contributed by atoms with E-state index in [-0.39, 0.29) is 6.61 Å². The fourth-order valence-electron chi connectivity index (χ4n) is 2.66. The third kappa shape index (κ3) is 4.89. The Hall–Kier alpha value is -2.69. The highest BCUT2D eigenvalue weighted by atomic mass is 16.5. The molecule has 0 atom stereocenters. The van der Waals surface area contributed by atoms with Crippen molar-refractivity contribution in [3.05, 3.63) is 84.1 Å². The predicted octanol–water partition coefficient (Wildman–Crippen LogP) is 3.41. The lowest BCUT2D eigenvalue weighted by molar-refractivity contribution is 0.200. The van der Waals surface area contributed by atoms with Gasteiger partial charge >= 0.3 is 0 Å². The van der Waals surface area contributed by atoms with Gasteiger partial charge in [0.25, 0.3) is 0 Å². The van der Waals surface area contributed by atoms with E-state index in [4.69, 9.17) is 9.84 Å². The molecule has 4 nitrogen and oxygen atoms in total. The van der Waals surface area contributed by atoms with Crippen LogP contribution in [0.5, 0.6) is 5.75 Å². The molecule has 0 amide bonds. The molecule has 3 aromatic rings. The van der Waals surface area contributed by atoms with Crippen LogP contribution in [0.3, 0.4) is 0 Å². The average Bonchev–Trinajstić information content (AvgIpc) is 2.68. The molecule has 0 aliphatic rings. The van der Waals surface area contributed by atoms with Gasteiger partial charge in [-0.1, -0.05) is 42.5 Å². The molecular weight excluding hydrogens is 312 g/mol. The van der Waals surface area contributed by atoms with Crippen LogP contribution in [-0.4, -0.2) is 23.3 Å². The fraction of sp³-hybridized carbons (Fsp3) is 0.190. The van der Waals surface area contributed by atoms with E-state index in [1.807, 2.05) is 48.7 Å². The van der Waals surface area contributed by atoms with Crippen molar-refractivity contribution in [2.75, 3.05) is 13.2 Å². The van der Waals surface area contributed by atoms with E-state index < -0.39 is 0 Å². The second-order valence-electron chi connectivity index (χ2n) is 5.70. The van der Waals surface area contributed by atoms with E-state index >= 15 is 0 Å². The number of rotatable bonds is 8. The van der Waals surface area contributed by atoms with Crippen molar-refractivity contribution in [3.8, 4) is 17.0 Å². The zero-order chi connectivity index (χ0) is 17.3. The summed E-state index contributed by atoms with van der Waals surface area (Å²) in [6, 6.07) is 22.2. The zero-order valence-electron chi connectivity index (χ0n) is 14.1. The van der Waals surface area contributed by atoms with Crippen molar-refractivity contribution in [1.29, 1.82) is 0 Å². The molecule has 0 fully saturated rings. The van der Waals surface area contributed by atoms with Crippen molar-refractivity contribution in [3.63, 3.8) is 0 Å². The first-order valence-electron chi connectivity index (χ1n) is 8.39. The van der Waals surface area contributed by atoms with Gasteiger partial charge in [-0.2, -0.15) is 0 Å². The Morgan fingerprint density at radius 1 is 0.920 bits per heavy atom. The van der Waals surface area contributed by atoms with Gasteiger partial charge in [0.1, 0.15) is 12.4 Å². The first kappa shape index (κ1) is 17.1. The van der Waals surface area contributed by atoms with Crippen molar-refractivity contribution >= 4 is 0 Å². The van der Waals surface area contributed by atoms with Crippen LogP contribution < -0.4 is 10.1 Å². The molecule has 3 rings (SSSR count). The molecule has 0 saturated heterocycles. The monoisotopic (exact) mass is 334 g/mol. The lowest BCUT2D eigenvalue weighted by Gasteiger charge is -2.12. The van der Waals surface area contributed by atoms with Gasteiger partial charge in [0.2, 0.25) is 0 Å². The second-order valence-corrected chi connectivity index (χ2v) is 5.70. The van der Waals surface area contributed by atoms with Gasteiger partial charge < -0.3 is 15.2 Å². The second kappa shape index (κ2) is 8.97. The van der Waals surface area contributed by atoms with Crippen LogP contribution in [0.15, 0.2) is 72.9 Å². The maximum atomic E-state index is 8.92. The van der Waals surface area contributed by atoms with Crippen LogP contribution in [0.2, 0.25) is 0 Å². The summed E-state index contributed by atoms with van der Waals surface area (Å²) in [6.45, 7) is 1.79. The standard InChI is InChI=1S/C21H22N2O2/c24-12-13-25-21-10-2-1-7-19(21)16-22-15-17-6-5-8-18(14-17)20-9-3-4-11-23-20/h1-11,14,22,24H,12-13,15-16H2. The number of para-hydroxylation sites is 1. The van der Waals surface area contributed by atoms with Crippen LogP contribution in [0.1, 0.15) is 11.1 Å². The Balaban J connectivity index is 1.61. The summed E-state index contributed by atoms with van der Waals surface area (Å²) < 4.78 is 5.57. The highest BCUT2D eigenvalue weighted by molar-refractivity contribution is 5.59. The topological polar surface area (TPSA) is 54.4 Å². The van der Waals surface area contributed by atoms with Gasteiger partial charge in [0.15, 0.2) is 0 Å². The average molecular weight is 334 g/mol. The zero-order valence-corrected chi connectivity index (χ0v) is 14.1. The molecule has 2 N–H and O–H groups in total. The number of nitrogens with zero attached hydrogens (tertiary/aromatic N) is 1. The molecule has 0 bridgehead atoms. The lowest BCUT2D eigenvalue weighted by Crippen LogP contribution is -2.14. The summed E-state index contributed by atoms with van der Waals surface area (Å²) in [5.74, 6) is 0.811. The first-order valence-corrected chi connectivity index (χ1v) is 8.39. The SMILES string of the molecule is OCCOc1ccccc1CNCc1cccc(-c2ccccn2)c1. The van der Waals surface area contributed by atoms with Crippen molar-refractivity contribution < 1.29 is 9.84 Å². The maximum Gasteiger partial charge on any atom is 0.123 e. The normalized spacial score (nSPS) is 10.6. The third-order valence-electron chi connectivity index (χ3n) is 3.85. The maximum absolute atomic E-state index is 8.92. The summed E-state index contributed by atoms with van der Waals surface area (Å²) in [7, 11) is 0. The molecule has 128 valence electrons. The third-order valence-corrected chi connectivity index (χ3v) is 3.85. The minimum atomic E-state index is 0.0159. The molecule has 1 aromatic heterocycles. The Morgan fingerprint density at radius 3 is 2.64 bits per heavy atom. The van der Waals surface area contributed by atoms with E-state index in [2.05, 4.69) is 34.6 Å². The highest BCUT2D eigenvalue weighted by Gasteiger charge is 2.04. The molecule has 4 heteroatoms. The number of aliphatic hydroxyl groups excluding tert-OH is 1. The molecule has 0 radical (unpaired) electrons. The number of pyridine rings is 1. The number of ether oxygens (including phenoxy) is 1. The largest absolute Gasteiger partial charge is 0.491 e. The summed E-state index contributed by atoms with van der Waals surface area (Å²) >= 11 is 0. The van der Waals surface area contributed by atoms with E-state index in [0.29, 0.717) is 13.2 Å². The van der Waals surface area contributed by atoms with Crippen molar-refractivity contribution in [2.24, 2.45) is 0 Å². The van der Waals surface area contributed by atoms with Gasteiger partial charge in [0.05, 0.1) is 12.3 Å². The summed E-state index contributed by atoms with van der Waals surface area (Å²) in [5, 5.41) is 12.4. The van der Waals surface area contributed by atoms with E-state index in [1.54, 1.807) is 0 Å². The number of aliphatic hydroxyl groups is 1. The molecule has 0 aliphatic heterocycles. The Kier molecular flexibility index (Phi) is 6.15. The van der Waals surface area contributed by atoms with E-state index in [0.717, 1.165) is 29.1 Å².